The van der Waals surface area contributed by atoms with Crippen molar-refractivity contribution in [2.24, 2.45) is 0 Å². The summed E-state index contributed by atoms with van der Waals surface area (Å²) in [6.45, 7) is -19.7. The van der Waals surface area contributed by atoms with E-state index in [9.17, 15) is 14.4 Å². The number of ether oxygens (including phenoxy) is 1. The molecule has 5 rings (SSSR count). The van der Waals surface area contributed by atoms with Crippen molar-refractivity contribution in [1.29, 1.82) is 0 Å². The number of fused-ring (bicyclic) bond motifs is 1. The molecule has 34 heavy (non-hydrogen) atoms. The molecule has 3 amide bonds. The van der Waals surface area contributed by atoms with Gasteiger partial charge in [0.05, 0.1) is 25.5 Å². The molecule has 0 aliphatic carbocycles. The van der Waals surface area contributed by atoms with Gasteiger partial charge in [-0.2, -0.15) is 0 Å². The van der Waals surface area contributed by atoms with Gasteiger partial charge in [-0.1, -0.05) is 18.2 Å². The highest BCUT2D eigenvalue weighted by Gasteiger charge is 2.39. The highest BCUT2D eigenvalue weighted by Crippen LogP contribution is 2.32. The van der Waals surface area contributed by atoms with Crippen LogP contribution in [0.2, 0.25) is 0 Å². The first-order chi connectivity index (χ1) is 21.3. The van der Waals surface area contributed by atoms with E-state index in [0.29, 0.717) is 11.0 Å². The van der Waals surface area contributed by atoms with E-state index in [-0.39, 0.29) is 28.1 Å². The Morgan fingerprint density at radius 3 is 2.82 bits per heavy atom. The van der Waals surface area contributed by atoms with Crippen molar-refractivity contribution in [3.8, 4) is 0 Å². The van der Waals surface area contributed by atoms with Crippen LogP contribution in [0.25, 0.3) is 0 Å². The Balaban J connectivity index is 1.46. The fourth-order valence-corrected chi connectivity index (χ4v) is 3.61. The minimum Gasteiger partial charge on any atom is -0.381 e. The predicted molar refractivity (Wildman–Crippen MR) is 122 cm³/mol. The van der Waals surface area contributed by atoms with Crippen LogP contribution in [0.5, 0.6) is 0 Å². The molecule has 1 atom stereocenters. The zero-order valence-electron chi connectivity index (χ0n) is 30.5. The molecule has 3 aliphatic rings. The number of imide groups is 1. The van der Waals surface area contributed by atoms with Gasteiger partial charge in [0.2, 0.25) is 11.8 Å². The van der Waals surface area contributed by atoms with Crippen molar-refractivity contribution in [1.82, 2.24) is 15.1 Å². The first-order valence-electron chi connectivity index (χ1n) is 16.7. The van der Waals surface area contributed by atoms with Gasteiger partial charge < -0.3 is 15.0 Å². The number of nitrogens with zero attached hydrogens (tertiary/aromatic N) is 2. The number of benzene rings is 2. The van der Waals surface area contributed by atoms with Crippen molar-refractivity contribution < 1.29 is 41.3 Å². The molecule has 2 N–H and O–H groups in total. The number of amides is 3. The minimum atomic E-state index is -3.32. The van der Waals surface area contributed by atoms with Crippen LogP contribution in [0.4, 0.5) is 10.1 Å². The van der Waals surface area contributed by atoms with Gasteiger partial charge >= 0.3 is 0 Å². The number of morpholine rings is 1. The maximum atomic E-state index is 15.5. The molecule has 0 aromatic heterocycles. The summed E-state index contributed by atoms with van der Waals surface area (Å²) in [5.74, 6) is -4.23. The zero-order chi connectivity index (χ0) is 35.3. The van der Waals surface area contributed by atoms with Crippen LogP contribution in [0.1, 0.15) is 57.7 Å². The fraction of sp³-hybridized carbons (Fsp3) is 0.400. The third-order valence-electron chi connectivity index (χ3n) is 5.26. The average molecular weight is 480 g/mol. The van der Waals surface area contributed by atoms with Gasteiger partial charge in [0.1, 0.15) is 11.8 Å². The monoisotopic (exact) mass is 479 g/mol. The van der Waals surface area contributed by atoms with E-state index < -0.39 is 92.8 Å². The van der Waals surface area contributed by atoms with Crippen LogP contribution in [-0.4, -0.2) is 59.7 Å². The van der Waals surface area contributed by atoms with Crippen LogP contribution < -0.4 is 10.6 Å². The summed E-state index contributed by atoms with van der Waals surface area (Å²) < 4.78 is 127. The number of hydrogen-bond donors (Lipinski definition) is 2. The van der Waals surface area contributed by atoms with Gasteiger partial charge in [-0.05, 0) is 30.2 Å². The standard InChI is InChI=1S/C25H27FN4O4/c26-20-12-16(14-29-8-10-34-11-9-29)4-5-17(20)13-27-21-3-1-2-18-19(21)15-30(25(18)33)22-6-7-23(31)28-24(22)32/h1-5,12,22,27H,6-11,13-15H2,(H,28,31,32)/t22-/m1/s1/i8D2,9D2,10D2,11D2,13D2,15D2,22D. The van der Waals surface area contributed by atoms with E-state index >= 15 is 4.39 Å². The smallest absolute Gasteiger partial charge is 0.255 e. The molecule has 0 spiro atoms. The highest BCUT2D eigenvalue weighted by atomic mass is 19.1. The molecule has 2 aromatic rings. The summed E-state index contributed by atoms with van der Waals surface area (Å²) in [5.41, 5.74) is -1.93. The normalized spacial score (nSPS) is 36.6. The Labute approximate surface area is 215 Å². The van der Waals surface area contributed by atoms with Crippen LogP contribution >= 0.6 is 0 Å². The van der Waals surface area contributed by atoms with Gasteiger partial charge in [0.25, 0.3) is 5.91 Å². The van der Waals surface area contributed by atoms with Gasteiger partial charge in [-0.25, -0.2) is 4.39 Å². The van der Waals surface area contributed by atoms with E-state index in [1.165, 1.54) is 18.2 Å². The van der Waals surface area contributed by atoms with E-state index in [4.69, 9.17) is 17.8 Å². The first kappa shape index (κ1) is 11.9. The molecule has 0 unspecified atom stereocenters. The molecule has 8 nitrogen and oxygen atoms in total. The SMILES string of the molecule is [2H]C([2H])(Nc1cccc2c1C([2H])([2H])N([C@]1([2H])CCC(=O)NC1=O)C2=O)c1ccc(CN2C([2H])([2H])C([2H])([2H])OC([2H])([2H])C2([2H])[2H])cc1F. The lowest BCUT2D eigenvalue weighted by Crippen LogP contribution is -2.52. The number of carbonyl (C=O) groups is 3. The van der Waals surface area contributed by atoms with Crippen molar-refractivity contribution in [3.05, 3.63) is 64.5 Å². The number of hydrogen-bond acceptors (Lipinski definition) is 6. The van der Waals surface area contributed by atoms with Crippen LogP contribution in [0.3, 0.4) is 0 Å². The molecule has 0 radical (unpaired) electrons. The van der Waals surface area contributed by atoms with Gasteiger partial charge in [-0.15, -0.1) is 0 Å². The summed E-state index contributed by atoms with van der Waals surface area (Å²) in [5, 5.41) is 4.30. The van der Waals surface area contributed by atoms with Gasteiger partial charge in [0, 0.05) is 66.8 Å². The number of carbonyl (C=O) groups excluding carboxylic acids is 3. The predicted octanol–water partition coefficient (Wildman–Crippen LogP) is 2.03. The second kappa shape index (κ2) is 9.52. The third-order valence-corrected chi connectivity index (χ3v) is 5.26. The molecular formula is C25H27FN4O4. The first-order valence-corrected chi connectivity index (χ1v) is 10.2. The number of anilines is 1. The largest absolute Gasteiger partial charge is 0.381 e. The molecule has 3 aliphatic heterocycles. The maximum absolute atomic E-state index is 15.5. The Bertz CT molecular complexity index is 1670. The Morgan fingerprint density at radius 2 is 2.06 bits per heavy atom. The average Bonchev–Trinajstić information content (AvgIpc) is 3.13. The van der Waals surface area contributed by atoms with Crippen LogP contribution in [0, 0.1) is 5.82 Å². The summed E-state index contributed by atoms with van der Waals surface area (Å²) in [6.07, 6.45) is -0.837. The van der Waals surface area contributed by atoms with Crippen molar-refractivity contribution in [2.45, 2.75) is 38.4 Å². The lowest BCUT2D eigenvalue weighted by molar-refractivity contribution is -0.136. The molecule has 2 fully saturated rings. The quantitative estimate of drug-likeness (QED) is 0.617. The van der Waals surface area contributed by atoms with Crippen molar-refractivity contribution >= 4 is 23.4 Å². The van der Waals surface area contributed by atoms with Gasteiger partial charge in [0.15, 0.2) is 0 Å². The zero-order valence-corrected chi connectivity index (χ0v) is 17.5. The summed E-state index contributed by atoms with van der Waals surface area (Å²) in [4.78, 5) is 38.2. The maximum Gasteiger partial charge on any atom is 0.255 e. The molecule has 0 bridgehead atoms. The summed E-state index contributed by atoms with van der Waals surface area (Å²) in [7, 11) is 0. The molecule has 2 saturated heterocycles. The van der Waals surface area contributed by atoms with E-state index in [0.717, 1.165) is 12.1 Å². The Kier molecular flexibility index (Phi) is 3.33. The molecule has 0 saturated carbocycles. The van der Waals surface area contributed by atoms with Crippen LogP contribution in [0.15, 0.2) is 36.4 Å². The van der Waals surface area contributed by atoms with E-state index in [1.807, 2.05) is 5.32 Å². The minimum absolute atomic E-state index is 0.188. The second-order valence-electron chi connectivity index (χ2n) is 7.48. The highest BCUT2D eigenvalue weighted by molar-refractivity contribution is 6.06. The second-order valence-corrected chi connectivity index (χ2v) is 7.48. The summed E-state index contributed by atoms with van der Waals surface area (Å²) >= 11 is 0. The molecule has 3 heterocycles. The van der Waals surface area contributed by atoms with Crippen molar-refractivity contribution in [3.63, 3.8) is 0 Å². The lowest BCUT2D eigenvalue weighted by Gasteiger charge is -2.29. The third kappa shape index (κ3) is 4.53. The lowest BCUT2D eigenvalue weighted by atomic mass is 10.0. The molecule has 9 heteroatoms. The van der Waals surface area contributed by atoms with Gasteiger partial charge in [-0.3, -0.25) is 24.6 Å². The van der Waals surface area contributed by atoms with E-state index in [2.05, 4.69) is 10.1 Å². The van der Waals surface area contributed by atoms with E-state index in [1.54, 1.807) is 0 Å². The molecule has 2 aromatic carbocycles. The Hall–Kier alpha value is -3.30. The summed E-state index contributed by atoms with van der Waals surface area (Å²) in [6, 6.07) is 3.88. The molecule has 178 valence electrons. The number of nitrogens with one attached hydrogen (secondary N) is 2. The number of piperidine rings is 1. The number of halogens is 1. The van der Waals surface area contributed by atoms with Crippen LogP contribution in [-0.2, 0) is 33.9 Å². The topological polar surface area (TPSA) is 91.0 Å². The fourth-order valence-electron chi connectivity index (χ4n) is 3.61. The van der Waals surface area contributed by atoms with Crippen molar-refractivity contribution in [2.75, 3.05) is 31.4 Å². The number of rotatable bonds is 6. The molecular weight excluding hydrogens is 439 g/mol. The Morgan fingerprint density at radius 1 is 1.24 bits per heavy atom.